The fourth-order valence-corrected chi connectivity index (χ4v) is 3.42. The van der Waals surface area contributed by atoms with E-state index in [-0.39, 0.29) is 6.04 Å². The molecule has 1 unspecified atom stereocenters. The summed E-state index contributed by atoms with van der Waals surface area (Å²) in [5.41, 5.74) is 7.57. The standard InChI is InChI=1S/C17H15BrN2S/c18-13-4-6-14(7-5-13)21-11-17(19)16-3-1-2-12-10-20-9-8-15(12)16/h1-10,17H,11,19H2. The molecular formula is C17H15BrN2S. The van der Waals surface area contributed by atoms with E-state index < -0.39 is 0 Å². The average molecular weight is 359 g/mol. The third-order valence-corrected chi connectivity index (χ3v) is 5.02. The molecule has 2 N–H and O–H groups in total. The molecule has 1 aromatic heterocycles. The van der Waals surface area contributed by atoms with Gasteiger partial charge >= 0.3 is 0 Å². The number of hydrogen-bond acceptors (Lipinski definition) is 3. The molecular weight excluding hydrogens is 344 g/mol. The molecule has 0 saturated heterocycles. The van der Waals surface area contributed by atoms with E-state index in [0.717, 1.165) is 15.6 Å². The molecule has 3 rings (SSSR count). The molecule has 1 heterocycles. The number of aromatic nitrogens is 1. The maximum Gasteiger partial charge on any atom is 0.0396 e. The molecule has 3 aromatic rings. The molecule has 0 amide bonds. The molecule has 0 aliphatic rings. The number of benzene rings is 2. The van der Waals surface area contributed by atoms with Gasteiger partial charge in [-0.1, -0.05) is 34.1 Å². The van der Waals surface area contributed by atoms with Gasteiger partial charge in [-0.15, -0.1) is 11.8 Å². The van der Waals surface area contributed by atoms with E-state index in [4.69, 9.17) is 5.73 Å². The summed E-state index contributed by atoms with van der Waals surface area (Å²) in [5.74, 6) is 0.850. The van der Waals surface area contributed by atoms with Crippen LogP contribution in [0.2, 0.25) is 0 Å². The largest absolute Gasteiger partial charge is 0.323 e. The van der Waals surface area contributed by atoms with Gasteiger partial charge in [-0.05, 0) is 41.3 Å². The molecule has 0 radical (unpaired) electrons. The number of hydrogen-bond donors (Lipinski definition) is 1. The summed E-state index contributed by atoms with van der Waals surface area (Å²) < 4.78 is 1.10. The molecule has 0 aliphatic heterocycles. The Bertz CT molecular complexity index is 738. The predicted molar refractivity (Wildman–Crippen MR) is 93.5 cm³/mol. The summed E-state index contributed by atoms with van der Waals surface area (Å²) in [6, 6.07) is 16.6. The maximum atomic E-state index is 6.39. The number of halogens is 1. The molecule has 2 nitrogen and oxygen atoms in total. The monoisotopic (exact) mass is 358 g/mol. The third-order valence-electron chi connectivity index (χ3n) is 3.36. The average Bonchev–Trinajstić information content (AvgIpc) is 2.53. The first-order valence-electron chi connectivity index (χ1n) is 6.70. The molecule has 1 atom stereocenters. The van der Waals surface area contributed by atoms with Crippen molar-refractivity contribution in [1.29, 1.82) is 0 Å². The van der Waals surface area contributed by atoms with Crippen LogP contribution >= 0.6 is 27.7 Å². The van der Waals surface area contributed by atoms with E-state index >= 15 is 0 Å². The van der Waals surface area contributed by atoms with Gasteiger partial charge in [0.15, 0.2) is 0 Å². The summed E-state index contributed by atoms with van der Waals surface area (Å²) in [6.07, 6.45) is 3.70. The first-order chi connectivity index (χ1) is 10.2. The van der Waals surface area contributed by atoms with Gasteiger partial charge in [0.05, 0.1) is 0 Å². The van der Waals surface area contributed by atoms with Crippen LogP contribution in [0.15, 0.2) is 70.3 Å². The topological polar surface area (TPSA) is 38.9 Å². The Morgan fingerprint density at radius 2 is 1.90 bits per heavy atom. The Labute approximate surface area is 136 Å². The van der Waals surface area contributed by atoms with E-state index in [1.165, 1.54) is 15.8 Å². The van der Waals surface area contributed by atoms with Crippen LogP contribution < -0.4 is 5.73 Å². The van der Waals surface area contributed by atoms with Gasteiger partial charge in [0, 0.05) is 38.9 Å². The summed E-state index contributed by atoms with van der Waals surface area (Å²) in [4.78, 5) is 5.40. The SMILES string of the molecule is NC(CSc1ccc(Br)cc1)c1cccc2cnccc12. The Hall–Kier alpha value is -1.36. The second kappa shape index (κ2) is 6.60. The molecule has 0 aliphatic carbocycles. The number of nitrogens with two attached hydrogens (primary N) is 1. The first kappa shape index (κ1) is 14.6. The minimum Gasteiger partial charge on any atom is -0.323 e. The van der Waals surface area contributed by atoms with E-state index in [1.807, 2.05) is 24.5 Å². The minimum absolute atomic E-state index is 0.00440. The van der Waals surface area contributed by atoms with E-state index in [1.54, 1.807) is 11.8 Å². The van der Waals surface area contributed by atoms with Crippen LogP contribution in [0.4, 0.5) is 0 Å². The zero-order valence-electron chi connectivity index (χ0n) is 11.4. The van der Waals surface area contributed by atoms with E-state index in [9.17, 15) is 0 Å². The molecule has 0 saturated carbocycles. The van der Waals surface area contributed by atoms with Gasteiger partial charge in [0.25, 0.3) is 0 Å². The predicted octanol–water partition coefficient (Wildman–Crippen LogP) is 4.79. The van der Waals surface area contributed by atoms with E-state index in [2.05, 4.69) is 57.3 Å². The van der Waals surface area contributed by atoms with E-state index in [0.29, 0.717) is 0 Å². The first-order valence-corrected chi connectivity index (χ1v) is 8.48. The van der Waals surface area contributed by atoms with Crippen molar-refractivity contribution in [2.24, 2.45) is 5.73 Å². The fourth-order valence-electron chi connectivity index (χ4n) is 2.28. The molecule has 0 spiro atoms. The zero-order chi connectivity index (χ0) is 14.7. The number of rotatable bonds is 4. The number of fused-ring (bicyclic) bond motifs is 1. The van der Waals surface area contributed by atoms with Gasteiger partial charge in [-0.2, -0.15) is 0 Å². The lowest BCUT2D eigenvalue weighted by Crippen LogP contribution is -2.13. The molecule has 2 aromatic carbocycles. The highest BCUT2D eigenvalue weighted by molar-refractivity contribution is 9.10. The zero-order valence-corrected chi connectivity index (χ0v) is 13.8. The minimum atomic E-state index is 0.00440. The highest BCUT2D eigenvalue weighted by atomic mass is 79.9. The van der Waals surface area contributed by atoms with Crippen molar-refractivity contribution in [3.05, 3.63) is 71.0 Å². The second-order valence-electron chi connectivity index (χ2n) is 4.82. The number of nitrogens with zero attached hydrogens (tertiary/aromatic N) is 1. The molecule has 0 bridgehead atoms. The quantitative estimate of drug-likeness (QED) is 0.681. The lowest BCUT2D eigenvalue weighted by atomic mass is 10.0. The Kier molecular flexibility index (Phi) is 4.58. The fraction of sp³-hybridized carbons (Fsp3) is 0.118. The molecule has 0 fully saturated rings. The van der Waals surface area contributed by atoms with Gasteiger partial charge < -0.3 is 5.73 Å². The van der Waals surface area contributed by atoms with Crippen molar-refractivity contribution in [2.45, 2.75) is 10.9 Å². The van der Waals surface area contributed by atoms with Crippen LogP contribution in [0.25, 0.3) is 10.8 Å². The lowest BCUT2D eigenvalue weighted by molar-refractivity contribution is 0.840. The van der Waals surface area contributed by atoms with Crippen molar-refractivity contribution in [1.82, 2.24) is 4.98 Å². The summed E-state index contributed by atoms with van der Waals surface area (Å²) >= 11 is 5.23. The van der Waals surface area contributed by atoms with Gasteiger partial charge in [0.2, 0.25) is 0 Å². The van der Waals surface area contributed by atoms with Crippen molar-refractivity contribution >= 4 is 38.5 Å². The summed E-state index contributed by atoms with van der Waals surface area (Å²) in [6.45, 7) is 0. The second-order valence-corrected chi connectivity index (χ2v) is 6.82. The van der Waals surface area contributed by atoms with Crippen molar-refractivity contribution < 1.29 is 0 Å². The van der Waals surface area contributed by atoms with Crippen molar-refractivity contribution in [3.8, 4) is 0 Å². The lowest BCUT2D eigenvalue weighted by Gasteiger charge is -2.14. The highest BCUT2D eigenvalue weighted by Crippen LogP contribution is 2.28. The van der Waals surface area contributed by atoms with Crippen LogP contribution in [0.3, 0.4) is 0 Å². The van der Waals surface area contributed by atoms with Crippen molar-refractivity contribution in [3.63, 3.8) is 0 Å². The van der Waals surface area contributed by atoms with Crippen LogP contribution in [0, 0.1) is 0 Å². The smallest absolute Gasteiger partial charge is 0.0396 e. The maximum absolute atomic E-state index is 6.39. The van der Waals surface area contributed by atoms with Crippen LogP contribution in [-0.4, -0.2) is 10.7 Å². The molecule has 4 heteroatoms. The highest BCUT2D eigenvalue weighted by Gasteiger charge is 2.10. The third kappa shape index (κ3) is 3.46. The Balaban J connectivity index is 1.78. The van der Waals surface area contributed by atoms with Crippen molar-refractivity contribution in [2.75, 3.05) is 5.75 Å². The Morgan fingerprint density at radius 3 is 2.71 bits per heavy atom. The van der Waals surface area contributed by atoms with Crippen LogP contribution in [-0.2, 0) is 0 Å². The normalized spacial score (nSPS) is 12.5. The summed E-state index contributed by atoms with van der Waals surface area (Å²) in [5, 5.41) is 2.33. The molecule has 21 heavy (non-hydrogen) atoms. The van der Waals surface area contributed by atoms with Gasteiger partial charge in [-0.3, -0.25) is 4.98 Å². The van der Waals surface area contributed by atoms with Crippen LogP contribution in [0.1, 0.15) is 11.6 Å². The Morgan fingerprint density at radius 1 is 1.10 bits per heavy atom. The molecule has 106 valence electrons. The number of thioether (sulfide) groups is 1. The van der Waals surface area contributed by atoms with Gasteiger partial charge in [0.1, 0.15) is 0 Å². The van der Waals surface area contributed by atoms with Crippen LogP contribution in [0.5, 0.6) is 0 Å². The summed E-state index contributed by atoms with van der Waals surface area (Å²) in [7, 11) is 0. The van der Waals surface area contributed by atoms with Gasteiger partial charge in [-0.25, -0.2) is 0 Å². The number of pyridine rings is 1.